The van der Waals surface area contributed by atoms with Crippen molar-refractivity contribution >= 4 is 40.9 Å². The average molecular weight is 467 g/mol. The van der Waals surface area contributed by atoms with Crippen molar-refractivity contribution in [2.24, 2.45) is 0 Å². The van der Waals surface area contributed by atoms with Gasteiger partial charge in [-0.3, -0.25) is 9.36 Å². The van der Waals surface area contributed by atoms with Gasteiger partial charge in [0.15, 0.2) is 11.0 Å². The van der Waals surface area contributed by atoms with E-state index in [1.807, 2.05) is 16.7 Å². The molecule has 1 atom stereocenters. The van der Waals surface area contributed by atoms with Gasteiger partial charge in [0.2, 0.25) is 5.91 Å². The van der Waals surface area contributed by atoms with Crippen LogP contribution in [-0.2, 0) is 16.1 Å². The predicted octanol–water partition coefficient (Wildman–Crippen LogP) is 4.28. The molecule has 7 nitrogen and oxygen atoms in total. The molecule has 1 aliphatic rings. The summed E-state index contributed by atoms with van der Waals surface area (Å²) in [6.07, 6.45) is 3.75. The summed E-state index contributed by atoms with van der Waals surface area (Å²) in [7, 11) is 0. The van der Waals surface area contributed by atoms with Gasteiger partial charge in [0.1, 0.15) is 5.76 Å². The highest BCUT2D eigenvalue weighted by Gasteiger charge is 2.20. The molecule has 10 heteroatoms. The molecule has 0 unspecified atom stereocenters. The van der Waals surface area contributed by atoms with Crippen molar-refractivity contribution in [2.45, 2.75) is 30.6 Å². The summed E-state index contributed by atoms with van der Waals surface area (Å²) in [5, 5.41) is 13.1. The Morgan fingerprint density at radius 2 is 2.20 bits per heavy atom. The number of hydrogen-bond donors (Lipinski definition) is 1. The number of amides is 1. The molecule has 1 aliphatic heterocycles. The Bertz CT molecular complexity index is 1000. The quantitative estimate of drug-likeness (QED) is 0.498. The standard InChI is InChI=1S/C20H20Cl2N4O3S/c21-13-5-6-16(17(22)9-13)19-24-25-20(26(19)11-15-4-2-8-29-15)30-12-18(27)23-10-14-3-1-7-28-14/h2,4-6,8-9,14H,1,3,7,10-12H2,(H,23,27)/t14-/m1/s1. The number of carbonyl (C=O) groups excluding carboxylic acids is 1. The highest BCUT2D eigenvalue weighted by atomic mass is 35.5. The molecule has 3 heterocycles. The SMILES string of the molecule is O=C(CSc1nnc(-c2ccc(Cl)cc2Cl)n1Cc1ccco1)NC[C@H]1CCCO1. The Hall–Kier alpha value is -2.00. The van der Waals surface area contributed by atoms with Gasteiger partial charge in [0.25, 0.3) is 0 Å². The van der Waals surface area contributed by atoms with Crippen LogP contribution in [0.3, 0.4) is 0 Å². The fraction of sp³-hybridized carbons (Fsp3) is 0.350. The lowest BCUT2D eigenvalue weighted by molar-refractivity contribution is -0.119. The molecule has 1 aromatic carbocycles. The summed E-state index contributed by atoms with van der Waals surface area (Å²) >= 11 is 13.7. The smallest absolute Gasteiger partial charge is 0.230 e. The lowest BCUT2D eigenvalue weighted by Gasteiger charge is -2.11. The van der Waals surface area contributed by atoms with Crippen molar-refractivity contribution in [3.63, 3.8) is 0 Å². The first-order valence-corrected chi connectivity index (χ1v) is 11.3. The summed E-state index contributed by atoms with van der Waals surface area (Å²) in [4.78, 5) is 12.3. The molecule has 0 aliphatic carbocycles. The molecule has 0 saturated carbocycles. The van der Waals surface area contributed by atoms with Crippen LogP contribution >= 0.6 is 35.0 Å². The number of benzene rings is 1. The summed E-state index contributed by atoms with van der Waals surface area (Å²) in [5.74, 6) is 1.47. The van der Waals surface area contributed by atoms with E-state index in [1.165, 1.54) is 11.8 Å². The largest absolute Gasteiger partial charge is 0.467 e. The Morgan fingerprint density at radius 3 is 2.93 bits per heavy atom. The van der Waals surface area contributed by atoms with Crippen LogP contribution in [0.1, 0.15) is 18.6 Å². The lowest BCUT2D eigenvalue weighted by Crippen LogP contribution is -2.32. The molecular weight excluding hydrogens is 447 g/mol. The zero-order chi connectivity index (χ0) is 20.9. The molecule has 0 bridgehead atoms. The molecule has 1 fully saturated rings. The van der Waals surface area contributed by atoms with Crippen molar-refractivity contribution in [1.29, 1.82) is 0 Å². The maximum absolute atomic E-state index is 12.3. The number of carbonyl (C=O) groups is 1. The van der Waals surface area contributed by atoms with Crippen LogP contribution in [-0.4, -0.2) is 45.7 Å². The Balaban J connectivity index is 1.50. The average Bonchev–Trinajstić information content (AvgIpc) is 3.48. The second kappa shape index (κ2) is 9.87. The molecule has 0 spiro atoms. The van der Waals surface area contributed by atoms with Crippen LogP contribution in [0.5, 0.6) is 0 Å². The van der Waals surface area contributed by atoms with Crippen LogP contribution in [0.4, 0.5) is 0 Å². The number of hydrogen-bond acceptors (Lipinski definition) is 6. The number of aromatic nitrogens is 3. The zero-order valence-corrected chi connectivity index (χ0v) is 18.3. The first-order valence-electron chi connectivity index (χ1n) is 9.52. The Kier molecular flexibility index (Phi) is 6.99. The summed E-state index contributed by atoms with van der Waals surface area (Å²) in [6, 6.07) is 8.90. The van der Waals surface area contributed by atoms with E-state index in [9.17, 15) is 4.79 Å². The number of furan rings is 1. The molecular formula is C20H20Cl2N4O3S. The van der Waals surface area contributed by atoms with Crippen LogP contribution in [0.15, 0.2) is 46.2 Å². The van der Waals surface area contributed by atoms with Gasteiger partial charge in [-0.1, -0.05) is 35.0 Å². The lowest BCUT2D eigenvalue weighted by atomic mass is 10.2. The van der Waals surface area contributed by atoms with E-state index in [4.69, 9.17) is 32.4 Å². The van der Waals surface area contributed by atoms with E-state index in [2.05, 4.69) is 15.5 Å². The number of rotatable bonds is 8. The number of nitrogens with zero attached hydrogens (tertiary/aromatic N) is 3. The molecule has 0 radical (unpaired) electrons. The van der Waals surface area contributed by atoms with Crippen molar-refractivity contribution < 1.29 is 13.9 Å². The summed E-state index contributed by atoms with van der Waals surface area (Å²) in [5.41, 5.74) is 0.704. The first-order chi connectivity index (χ1) is 14.6. The predicted molar refractivity (Wildman–Crippen MR) is 116 cm³/mol. The van der Waals surface area contributed by atoms with Gasteiger partial charge in [-0.05, 0) is 43.2 Å². The molecule has 4 rings (SSSR count). The summed E-state index contributed by atoms with van der Waals surface area (Å²) < 4.78 is 12.9. The molecule has 2 aromatic heterocycles. The minimum absolute atomic E-state index is 0.0749. The van der Waals surface area contributed by atoms with E-state index in [0.29, 0.717) is 39.7 Å². The summed E-state index contributed by atoms with van der Waals surface area (Å²) in [6.45, 7) is 1.71. The van der Waals surface area contributed by atoms with E-state index in [0.717, 1.165) is 25.2 Å². The highest BCUT2D eigenvalue weighted by Crippen LogP contribution is 2.32. The van der Waals surface area contributed by atoms with Crippen LogP contribution < -0.4 is 5.32 Å². The molecule has 30 heavy (non-hydrogen) atoms. The van der Waals surface area contributed by atoms with Crippen molar-refractivity contribution in [2.75, 3.05) is 18.9 Å². The second-order valence-electron chi connectivity index (χ2n) is 6.82. The monoisotopic (exact) mass is 466 g/mol. The Labute approximate surface area is 188 Å². The first kappa shape index (κ1) is 21.2. The third kappa shape index (κ3) is 5.18. The minimum atomic E-state index is -0.0749. The molecule has 1 amide bonds. The zero-order valence-electron chi connectivity index (χ0n) is 16.0. The van der Waals surface area contributed by atoms with Crippen molar-refractivity contribution in [1.82, 2.24) is 20.1 Å². The number of ether oxygens (including phenoxy) is 1. The molecule has 1 N–H and O–H groups in total. The fourth-order valence-corrected chi connectivity index (χ4v) is 4.44. The van der Waals surface area contributed by atoms with Crippen LogP contribution in [0.25, 0.3) is 11.4 Å². The van der Waals surface area contributed by atoms with Gasteiger partial charge < -0.3 is 14.5 Å². The van der Waals surface area contributed by atoms with E-state index in [-0.39, 0.29) is 17.8 Å². The molecule has 1 saturated heterocycles. The van der Waals surface area contributed by atoms with Gasteiger partial charge in [0, 0.05) is 23.7 Å². The van der Waals surface area contributed by atoms with Gasteiger partial charge in [0.05, 0.1) is 29.7 Å². The van der Waals surface area contributed by atoms with Crippen molar-refractivity contribution in [3.8, 4) is 11.4 Å². The maximum atomic E-state index is 12.3. The third-order valence-electron chi connectivity index (χ3n) is 4.67. The molecule has 158 valence electrons. The van der Waals surface area contributed by atoms with E-state index in [1.54, 1.807) is 24.5 Å². The Morgan fingerprint density at radius 1 is 1.30 bits per heavy atom. The number of thioether (sulfide) groups is 1. The second-order valence-corrected chi connectivity index (χ2v) is 8.61. The van der Waals surface area contributed by atoms with E-state index >= 15 is 0 Å². The highest BCUT2D eigenvalue weighted by molar-refractivity contribution is 7.99. The van der Waals surface area contributed by atoms with Crippen LogP contribution in [0.2, 0.25) is 10.0 Å². The van der Waals surface area contributed by atoms with Crippen LogP contribution in [0, 0.1) is 0 Å². The minimum Gasteiger partial charge on any atom is -0.467 e. The van der Waals surface area contributed by atoms with Gasteiger partial charge >= 0.3 is 0 Å². The third-order valence-corrected chi connectivity index (χ3v) is 6.18. The topological polar surface area (TPSA) is 82.2 Å². The van der Waals surface area contributed by atoms with Crippen molar-refractivity contribution in [3.05, 3.63) is 52.4 Å². The molecule has 3 aromatic rings. The maximum Gasteiger partial charge on any atom is 0.230 e. The number of halogens is 2. The fourth-order valence-electron chi connectivity index (χ4n) is 3.18. The van der Waals surface area contributed by atoms with Gasteiger partial charge in [-0.15, -0.1) is 10.2 Å². The van der Waals surface area contributed by atoms with Gasteiger partial charge in [-0.25, -0.2) is 0 Å². The number of nitrogens with one attached hydrogen (secondary N) is 1. The normalized spacial score (nSPS) is 16.1. The van der Waals surface area contributed by atoms with Gasteiger partial charge in [-0.2, -0.15) is 0 Å². The van der Waals surface area contributed by atoms with E-state index < -0.39 is 0 Å².